The van der Waals surface area contributed by atoms with E-state index in [1.807, 2.05) is 0 Å². The molecular weight excluding hydrogens is 276 g/mol. The number of hydrogen-bond donors (Lipinski definition) is 1. The van der Waals surface area contributed by atoms with E-state index in [-0.39, 0.29) is 11.5 Å². The molecule has 114 valence electrons. The molecule has 1 aromatic carbocycles. The molecule has 0 amide bonds. The van der Waals surface area contributed by atoms with Crippen LogP contribution in [0.15, 0.2) is 18.2 Å². The largest absolute Gasteiger partial charge is 0.586 e. The summed E-state index contributed by atoms with van der Waals surface area (Å²) in [7, 11) is 0. The van der Waals surface area contributed by atoms with Gasteiger partial charge in [0.2, 0.25) is 0 Å². The lowest BCUT2D eigenvalue weighted by Crippen LogP contribution is -2.50. The van der Waals surface area contributed by atoms with Crippen LogP contribution in [0.4, 0.5) is 14.5 Å². The van der Waals surface area contributed by atoms with Crippen LogP contribution >= 0.6 is 0 Å². The quantitative estimate of drug-likeness (QED) is 0.869. The maximum Gasteiger partial charge on any atom is 0.586 e. The molecule has 0 aromatic heterocycles. The number of rotatable bonds is 2. The Balaban J connectivity index is 1.49. The predicted octanol–water partition coefficient (Wildman–Crippen LogP) is 4.53. The van der Waals surface area contributed by atoms with Crippen LogP contribution in [0, 0.1) is 5.41 Å². The topological polar surface area (TPSA) is 30.5 Å². The van der Waals surface area contributed by atoms with Gasteiger partial charge in [-0.3, -0.25) is 0 Å². The fourth-order valence-corrected chi connectivity index (χ4v) is 4.02. The first-order valence-corrected chi connectivity index (χ1v) is 7.73. The van der Waals surface area contributed by atoms with E-state index in [4.69, 9.17) is 0 Å². The molecular formula is C16H19F2NO2. The van der Waals surface area contributed by atoms with Gasteiger partial charge in [0, 0.05) is 17.8 Å². The van der Waals surface area contributed by atoms with Crippen molar-refractivity contribution in [3.8, 4) is 11.5 Å². The fourth-order valence-electron chi connectivity index (χ4n) is 4.02. The van der Waals surface area contributed by atoms with Crippen LogP contribution in [-0.4, -0.2) is 12.3 Å². The second kappa shape index (κ2) is 4.49. The molecule has 21 heavy (non-hydrogen) atoms. The van der Waals surface area contributed by atoms with E-state index in [1.165, 1.54) is 38.5 Å². The number of anilines is 1. The molecule has 4 rings (SSSR count). The zero-order valence-electron chi connectivity index (χ0n) is 11.8. The van der Waals surface area contributed by atoms with Gasteiger partial charge in [-0.2, -0.15) is 0 Å². The average molecular weight is 295 g/mol. The first kappa shape index (κ1) is 13.2. The molecule has 2 saturated carbocycles. The van der Waals surface area contributed by atoms with Gasteiger partial charge in [-0.25, -0.2) is 0 Å². The average Bonchev–Trinajstić information content (AvgIpc) is 2.77. The van der Waals surface area contributed by atoms with Gasteiger partial charge in [-0.1, -0.05) is 19.3 Å². The molecule has 1 aromatic rings. The van der Waals surface area contributed by atoms with Gasteiger partial charge in [0.15, 0.2) is 11.5 Å². The number of benzene rings is 1. The fraction of sp³-hybridized carbons (Fsp3) is 0.625. The zero-order chi connectivity index (χ0) is 14.5. The summed E-state index contributed by atoms with van der Waals surface area (Å²) in [4.78, 5) is 0. The minimum Gasteiger partial charge on any atom is -0.395 e. The minimum atomic E-state index is -3.54. The molecule has 1 heterocycles. The molecule has 0 bridgehead atoms. The highest BCUT2D eigenvalue weighted by Crippen LogP contribution is 2.53. The van der Waals surface area contributed by atoms with Crippen LogP contribution in [0.3, 0.4) is 0 Å². The lowest BCUT2D eigenvalue weighted by molar-refractivity contribution is -0.286. The van der Waals surface area contributed by atoms with Crippen molar-refractivity contribution in [1.82, 2.24) is 0 Å². The minimum absolute atomic E-state index is 0.103. The second-order valence-corrected chi connectivity index (χ2v) is 6.49. The second-order valence-electron chi connectivity index (χ2n) is 6.49. The third-order valence-electron chi connectivity index (χ3n) is 5.26. The first-order valence-electron chi connectivity index (χ1n) is 7.73. The Morgan fingerprint density at radius 3 is 2.48 bits per heavy atom. The lowest BCUT2D eigenvalue weighted by atomic mass is 9.57. The van der Waals surface area contributed by atoms with Gasteiger partial charge in [0.05, 0.1) is 0 Å². The maximum atomic E-state index is 13.0. The normalized spacial score (nSPS) is 28.2. The summed E-state index contributed by atoms with van der Waals surface area (Å²) in [5.74, 6) is 0.216. The number of alkyl halides is 2. The third kappa shape index (κ3) is 2.23. The highest BCUT2D eigenvalue weighted by Gasteiger charge is 2.47. The Kier molecular flexibility index (Phi) is 2.81. The Morgan fingerprint density at radius 2 is 1.76 bits per heavy atom. The number of halogens is 2. The van der Waals surface area contributed by atoms with Crippen LogP contribution in [-0.2, 0) is 0 Å². The van der Waals surface area contributed by atoms with Gasteiger partial charge >= 0.3 is 6.29 Å². The Labute approximate surface area is 122 Å². The van der Waals surface area contributed by atoms with Gasteiger partial charge in [0.1, 0.15) is 0 Å². The molecule has 1 N–H and O–H groups in total. The van der Waals surface area contributed by atoms with Crippen molar-refractivity contribution in [2.75, 3.05) is 5.32 Å². The zero-order valence-corrected chi connectivity index (χ0v) is 11.8. The summed E-state index contributed by atoms with van der Waals surface area (Å²) in [5.41, 5.74) is 1.27. The van der Waals surface area contributed by atoms with E-state index >= 15 is 0 Å². The molecule has 1 atom stereocenters. The molecule has 0 saturated heterocycles. The van der Waals surface area contributed by atoms with Crippen LogP contribution < -0.4 is 14.8 Å². The molecule has 1 unspecified atom stereocenters. The van der Waals surface area contributed by atoms with E-state index in [9.17, 15) is 8.78 Å². The van der Waals surface area contributed by atoms with Crippen molar-refractivity contribution in [2.24, 2.45) is 5.41 Å². The van der Waals surface area contributed by atoms with E-state index in [1.54, 1.807) is 18.2 Å². The van der Waals surface area contributed by atoms with Crippen molar-refractivity contribution in [1.29, 1.82) is 0 Å². The molecule has 5 heteroatoms. The Bertz CT molecular complexity index is 555. The van der Waals surface area contributed by atoms with Gasteiger partial charge < -0.3 is 14.8 Å². The summed E-state index contributed by atoms with van der Waals surface area (Å²) in [6.07, 6.45) is 5.44. The predicted molar refractivity (Wildman–Crippen MR) is 74.8 cm³/mol. The lowest BCUT2D eigenvalue weighted by Gasteiger charge is -2.52. The highest BCUT2D eigenvalue weighted by atomic mass is 19.3. The van der Waals surface area contributed by atoms with Crippen LogP contribution in [0.5, 0.6) is 11.5 Å². The van der Waals surface area contributed by atoms with Crippen LogP contribution in [0.2, 0.25) is 0 Å². The molecule has 2 fully saturated rings. The van der Waals surface area contributed by atoms with E-state index in [0.29, 0.717) is 11.5 Å². The molecule has 3 aliphatic rings. The molecule has 0 radical (unpaired) electrons. The SMILES string of the molecule is FC1(F)Oc2ccc(NC3CCC34CCCCC4)cc2O1. The summed E-state index contributed by atoms with van der Waals surface area (Å²) in [6, 6.07) is 5.41. The van der Waals surface area contributed by atoms with Crippen LogP contribution in [0.1, 0.15) is 44.9 Å². The van der Waals surface area contributed by atoms with Gasteiger partial charge in [-0.15, -0.1) is 8.78 Å². The first-order chi connectivity index (χ1) is 10.1. The summed E-state index contributed by atoms with van der Waals surface area (Å²) >= 11 is 0. The van der Waals surface area contributed by atoms with Crippen molar-refractivity contribution >= 4 is 5.69 Å². The van der Waals surface area contributed by atoms with Crippen molar-refractivity contribution < 1.29 is 18.3 Å². The number of ether oxygens (including phenoxy) is 2. The number of hydrogen-bond acceptors (Lipinski definition) is 3. The van der Waals surface area contributed by atoms with Crippen molar-refractivity contribution in [3.05, 3.63) is 18.2 Å². The Morgan fingerprint density at radius 1 is 1.00 bits per heavy atom. The Hall–Kier alpha value is -1.52. The van der Waals surface area contributed by atoms with Gasteiger partial charge in [0.25, 0.3) is 0 Å². The number of nitrogens with one attached hydrogen (secondary N) is 1. The molecule has 1 spiro atoms. The van der Waals surface area contributed by atoms with E-state index < -0.39 is 6.29 Å². The molecule has 1 aliphatic heterocycles. The third-order valence-corrected chi connectivity index (χ3v) is 5.26. The van der Waals surface area contributed by atoms with E-state index in [2.05, 4.69) is 14.8 Å². The highest BCUT2D eigenvalue weighted by molar-refractivity contribution is 5.56. The van der Waals surface area contributed by atoms with Crippen molar-refractivity contribution in [2.45, 2.75) is 57.3 Å². The smallest absolute Gasteiger partial charge is 0.395 e. The molecule has 2 aliphatic carbocycles. The van der Waals surface area contributed by atoms with Gasteiger partial charge in [-0.05, 0) is 43.2 Å². The van der Waals surface area contributed by atoms with E-state index in [0.717, 1.165) is 12.1 Å². The summed E-state index contributed by atoms with van der Waals surface area (Å²) < 4.78 is 35.0. The summed E-state index contributed by atoms with van der Waals surface area (Å²) in [5, 5.41) is 3.52. The standard InChI is InChI=1S/C16H19F2NO2/c17-16(18)20-12-5-4-11(10-13(12)21-16)19-14-6-9-15(14)7-2-1-3-8-15/h4-5,10,14,19H,1-3,6-9H2. The molecule has 3 nitrogen and oxygen atoms in total. The number of fused-ring (bicyclic) bond motifs is 1. The summed E-state index contributed by atoms with van der Waals surface area (Å²) in [6.45, 7) is 0. The maximum absolute atomic E-state index is 13.0. The van der Waals surface area contributed by atoms with Crippen LogP contribution in [0.25, 0.3) is 0 Å². The van der Waals surface area contributed by atoms with Crippen molar-refractivity contribution in [3.63, 3.8) is 0 Å². The monoisotopic (exact) mass is 295 g/mol.